The molecule has 120 valence electrons. The van der Waals surface area contributed by atoms with E-state index >= 15 is 0 Å². The summed E-state index contributed by atoms with van der Waals surface area (Å²) in [7, 11) is 1.86. The van der Waals surface area contributed by atoms with Gasteiger partial charge in [-0.3, -0.25) is 9.59 Å². The van der Waals surface area contributed by atoms with Crippen LogP contribution in [0.5, 0.6) is 0 Å². The van der Waals surface area contributed by atoms with E-state index < -0.39 is 5.91 Å². The van der Waals surface area contributed by atoms with Crippen molar-refractivity contribution in [2.45, 2.75) is 6.54 Å². The van der Waals surface area contributed by atoms with Gasteiger partial charge in [0.1, 0.15) is 12.4 Å². The molecule has 0 bridgehead atoms. The second-order valence-electron chi connectivity index (χ2n) is 5.43. The van der Waals surface area contributed by atoms with Crippen molar-refractivity contribution in [2.24, 2.45) is 5.73 Å². The first-order valence-electron chi connectivity index (χ1n) is 7.19. The van der Waals surface area contributed by atoms with Crippen LogP contribution in [-0.4, -0.2) is 25.4 Å². The molecule has 0 aliphatic heterocycles. The Morgan fingerprint density at radius 1 is 1.17 bits per heavy atom. The van der Waals surface area contributed by atoms with Gasteiger partial charge in [-0.25, -0.2) is 4.39 Å². The summed E-state index contributed by atoms with van der Waals surface area (Å²) in [5.74, 6) is -0.956. The van der Waals surface area contributed by atoms with Gasteiger partial charge >= 0.3 is 0 Å². The largest absolute Gasteiger partial charge is 0.366 e. The van der Waals surface area contributed by atoms with Gasteiger partial charge in [-0.15, -0.1) is 0 Å². The predicted octanol–water partition coefficient (Wildman–Crippen LogP) is 0.578. The van der Waals surface area contributed by atoms with Crippen LogP contribution in [0.1, 0.15) is 15.9 Å². The van der Waals surface area contributed by atoms with Crippen LogP contribution in [0.25, 0.3) is 0 Å². The number of rotatable bonds is 6. The van der Waals surface area contributed by atoms with Gasteiger partial charge in [-0.1, -0.05) is 12.1 Å². The lowest BCUT2D eigenvalue weighted by molar-refractivity contribution is -0.885. The molecular weight excluding hydrogens is 297 g/mol. The average molecular weight is 316 g/mol. The molecule has 23 heavy (non-hydrogen) atoms. The summed E-state index contributed by atoms with van der Waals surface area (Å²) in [5, 5.41) is 2.75. The van der Waals surface area contributed by atoms with Crippen molar-refractivity contribution in [1.29, 1.82) is 0 Å². The van der Waals surface area contributed by atoms with E-state index in [0.717, 1.165) is 10.5 Å². The first-order chi connectivity index (χ1) is 10.9. The van der Waals surface area contributed by atoms with Crippen LogP contribution in [0.2, 0.25) is 0 Å². The van der Waals surface area contributed by atoms with E-state index in [4.69, 9.17) is 5.73 Å². The molecule has 0 spiro atoms. The number of benzene rings is 2. The van der Waals surface area contributed by atoms with Gasteiger partial charge in [-0.2, -0.15) is 0 Å². The summed E-state index contributed by atoms with van der Waals surface area (Å²) < 4.78 is 13.1. The van der Waals surface area contributed by atoms with Crippen molar-refractivity contribution in [2.75, 3.05) is 18.9 Å². The highest BCUT2D eigenvalue weighted by molar-refractivity contribution is 5.95. The van der Waals surface area contributed by atoms with Crippen molar-refractivity contribution in [3.8, 4) is 0 Å². The molecule has 6 heteroatoms. The minimum absolute atomic E-state index is 0.161. The second kappa shape index (κ2) is 7.51. The number of anilines is 1. The first kappa shape index (κ1) is 16.6. The Morgan fingerprint density at radius 3 is 2.48 bits per heavy atom. The van der Waals surface area contributed by atoms with Gasteiger partial charge in [0.25, 0.3) is 5.91 Å². The molecule has 0 radical (unpaired) electrons. The van der Waals surface area contributed by atoms with Gasteiger partial charge in [0.15, 0.2) is 6.54 Å². The summed E-state index contributed by atoms with van der Waals surface area (Å²) in [4.78, 5) is 23.9. The lowest BCUT2D eigenvalue weighted by Gasteiger charge is -2.14. The van der Waals surface area contributed by atoms with E-state index in [2.05, 4.69) is 5.32 Å². The highest BCUT2D eigenvalue weighted by atomic mass is 19.1. The quantitative estimate of drug-likeness (QED) is 0.729. The van der Waals surface area contributed by atoms with Crippen LogP contribution >= 0.6 is 0 Å². The molecule has 0 aliphatic carbocycles. The minimum atomic E-state index is -0.512. The molecule has 1 atom stereocenters. The van der Waals surface area contributed by atoms with Gasteiger partial charge in [0, 0.05) is 16.8 Å². The maximum absolute atomic E-state index is 13.1. The van der Waals surface area contributed by atoms with E-state index in [9.17, 15) is 14.0 Å². The minimum Gasteiger partial charge on any atom is -0.366 e. The van der Waals surface area contributed by atoms with Crippen molar-refractivity contribution < 1.29 is 18.9 Å². The summed E-state index contributed by atoms with van der Waals surface area (Å²) >= 11 is 0. The van der Waals surface area contributed by atoms with Gasteiger partial charge in [-0.05, 0) is 36.4 Å². The molecule has 0 heterocycles. The standard InChI is InChI=1S/C17H18FN3O2/c1-21(10-12-3-2-4-14(18)9-12)11-16(22)20-15-7-5-13(6-8-15)17(19)23/h2-9H,10-11H2,1H3,(H2,19,23)(H,20,22)/p+1. The third kappa shape index (κ3) is 5.19. The first-order valence-corrected chi connectivity index (χ1v) is 7.19. The lowest BCUT2D eigenvalue weighted by atomic mass is 10.2. The maximum atomic E-state index is 13.1. The second-order valence-corrected chi connectivity index (χ2v) is 5.43. The molecule has 0 aliphatic rings. The molecule has 4 N–H and O–H groups in total. The Balaban J connectivity index is 1.87. The van der Waals surface area contributed by atoms with Crippen molar-refractivity contribution >= 4 is 17.5 Å². The Labute approximate surface area is 133 Å². The van der Waals surface area contributed by atoms with E-state index in [1.165, 1.54) is 12.1 Å². The molecule has 2 amide bonds. The van der Waals surface area contributed by atoms with Crippen LogP contribution in [-0.2, 0) is 11.3 Å². The number of quaternary nitrogens is 1. The number of halogens is 1. The number of nitrogens with one attached hydrogen (secondary N) is 2. The molecular formula is C17H19FN3O2+. The van der Waals surface area contributed by atoms with Crippen LogP contribution in [0, 0.1) is 5.82 Å². The topological polar surface area (TPSA) is 76.6 Å². The Hall–Kier alpha value is -2.73. The molecule has 0 aromatic heterocycles. The summed E-state index contributed by atoms with van der Waals surface area (Å²) in [5.41, 5.74) is 6.97. The number of carbonyl (C=O) groups is 2. The summed E-state index contributed by atoms with van der Waals surface area (Å²) in [6.07, 6.45) is 0. The predicted molar refractivity (Wildman–Crippen MR) is 85.4 cm³/mol. The molecule has 0 saturated heterocycles. The Kier molecular flexibility index (Phi) is 5.43. The fraction of sp³-hybridized carbons (Fsp3) is 0.176. The van der Waals surface area contributed by atoms with Gasteiger partial charge in [0.2, 0.25) is 5.91 Å². The van der Waals surface area contributed by atoms with Gasteiger partial charge < -0.3 is 16.0 Å². The average Bonchev–Trinajstić information content (AvgIpc) is 2.47. The highest BCUT2D eigenvalue weighted by Crippen LogP contribution is 2.08. The van der Waals surface area contributed by atoms with Gasteiger partial charge in [0.05, 0.1) is 7.05 Å². The number of hydrogen-bond donors (Lipinski definition) is 3. The van der Waals surface area contributed by atoms with Crippen LogP contribution in [0.3, 0.4) is 0 Å². The number of carbonyl (C=O) groups excluding carboxylic acids is 2. The monoisotopic (exact) mass is 316 g/mol. The summed E-state index contributed by atoms with van der Waals surface area (Å²) in [6, 6.07) is 12.7. The molecule has 2 aromatic carbocycles. The third-order valence-corrected chi connectivity index (χ3v) is 3.31. The molecule has 1 unspecified atom stereocenters. The number of primary amides is 1. The fourth-order valence-corrected chi connectivity index (χ4v) is 2.25. The number of amides is 2. The van der Waals surface area contributed by atoms with Crippen molar-refractivity contribution in [3.63, 3.8) is 0 Å². The fourth-order valence-electron chi connectivity index (χ4n) is 2.25. The van der Waals surface area contributed by atoms with E-state index in [0.29, 0.717) is 17.8 Å². The Bertz CT molecular complexity index is 701. The van der Waals surface area contributed by atoms with Crippen LogP contribution in [0.4, 0.5) is 10.1 Å². The van der Waals surface area contributed by atoms with Crippen LogP contribution in [0.15, 0.2) is 48.5 Å². The van der Waals surface area contributed by atoms with E-state index in [1.54, 1.807) is 30.3 Å². The molecule has 2 rings (SSSR count). The maximum Gasteiger partial charge on any atom is 0.279 e. The molecule has 5 nitrogen and oxygen atoms in total. The van der Waals surface area contributed by atoms with Crippen molar-refractivity contribution in [1.82, 2.24) is 0 Å². The smallest absolute Gasteiger partial charge is 0.279 e. The normalized spacial score (nSPS) is 11.7. The third-order valence-electron chi connectivity index (χ3n) is 3.31. The zero-order valence-electron chi connectivity index (χ0n) is 12.8. The van der Waals surface area contributed by atoms with Crippen molar-refractivity contribution in [3.05, 3.63) is 65.5 Å². The number of hydrogen-bond acceptors (Lipinski definition) is 2. The molecule has 2 aromatic rings. The van der Waals surface area contributed by atoms with Crippen LogP contribution < -0.4 is 16.0 Å². The SMILES string of the molecule is C[NH+](CC(=O)Nc1ccc(C(N)=O)cc1)Cc1cccc(F)c1. The lowest BCUT2D eigenvalue weighted by Crippen LogP contribution is -3.08. The van der Waals surface area contributed by atoms with E-state index in [-0.39, 0.29) is 18.3 Å². The number of nitrogens with two attached hydrogens (primary N) is 1. The Morgan fingerprint density at radius 2 is 1.87 bits per heavy atom. The zero-order valence-corrected chi connectivity index (χ0v) is 12.8. The number of likely N-dealkylation sites (N-methyl/N-ethyl adjacent to an activating group) is 1. The summed E-state index contributed by atoms with van der Waals surface area (Å²) in [6.45, 7) is 0.792. The highest BCUT2D eigenvalue weighted by Gasteiger charge is 2.11. The zero-order chi connectivity index (χ0) is 16.8. The molecule has 0 saturated carbocycles. The molecule has 0 fully saturated rings. The van der Waals surface area contributed by atoms with E-state index in [1.807, 2.05) is 13.1 Å².